The van der Waals surface area contributed by atoms with Crippen molar-refractivity contribution in [1.82, 2.24) is 20.3 Å². The minimum Gasteiger partial charge on any atom is -0.360 e. The number of nitrogens with zero attached hydrogens (tertiary/aromatic N) is 3. The lowest BCUT2D eigenvalue weighted by molar-refractivity contribution is -0.124. The molecule has 1 N–H and O–H groups in total. The number of hydrogen-bond acceptors (Lipinski definition) is 5. The molecule has 0 unspecified atom stereocenters. The number of amides is 2. The second kappa shape index (κ2) is 8.14. The van der Waals surface area contributed by atoms with Crippen LogP contribution >= 0.6 is 0 Å². The van der Waals surface area contributed by atoms with Gasteiger partial charge in [-0.05, 0) is 27.7 Å². The van der Waals surface area contributed by atoms with Gasteiger partial charge in [0.15, 0.2) is 0 Å². The molecule has 1 fully saturated rings. The lowest BCUT2D eigenvalue weighted by Crippen LogP contribution is -2.52. The highest BCUT2D eigenvalue weighted by Crippen LogP contribution is 2.26. The molecule has 1 aliphatic heterocycles. The molecule has 7 heteroatoms. The van der Waals surface area contributed by atoms with E-state index in [0.29, 0.717) is 49.7 Å². The molecule has 1 aliphatic rings. The maximum atomic E-state index is 13.1. The molecule has 2 aromatic rings. The van der Waals surface area contributed by atoms with E-state index in [1.165, 1.54) is 0 Å². The van der Waals surface area contributed by atoms with Gasteiger partial charge in [-0.15, -0.1) is 0 Å². The van der Waals surface area contributed by atoms with Gasteiger partial charge in [0.1, 0.15) is 17.0 Å². The molecule has 0 atom stereocenters. The lowest BCUT2D eigenvalue weighted by atomic mass is 10.0. The summed E-state index contributed by atoms with van der Waals surface area (Å²) in [7, 11) is 0. The van der Waals surface area contributed by atoms with Gasteiger partial charge >= 0.3 is 0 Å². The van der Waals surface area contributed by atoms with Crippen molar-refractivity contribution in [3.63, 3.8) is 0 Å². The van der Waals surface area contributed by atoms with Crippen molar-refractivity contribution in [2.45, 2.75) is 33.2 Å². The molecule has 2 amide bonds. The molecular weight excluding hydrogens is 356 g/mol. The van der Waals surface area contributed by atoms with Crippen LogP contribution in [-0.4, -0.2) is 65.0 Å². The van der Waals surface area contributed by atoms with Crippen LogP contribution in [0.1, 0.15) is 36.9 Å². The summed E-state index contributed by atoms with van der Waals surface area (Å²) in [5.74, 6) is 0.459. The number of piperazine rings is 1. The molecule has 0 aliphatic carbocycles. The predicted octanol–water partition coefficient (Wildman–Crippen LogP) is 2.32. The van der Waals surface area contributed by atoms with E-state index >= 15 is 0 Å². The van der Waals surface area contributed by atoms with Crippen LogP contribution in [0.3, 0.4) is 0 Å². The zero-order valence-electron chi connectivity index (χ0n) is 17.0. The van der Waals surface area contributed by atoms with Gasteiger partial charge < -0.3 is 14.7 Å². The summed E-state index contributed by atoms with van der Waals surface area (Å²) in [4.78, 5) is 29.1. The summed E-state index contributed by atoms with van der Waals surface area (Å²) >= 11 is 0. The van der Waals surface area contributed by atoms with Crippen LogP contribution in [-0.2, 0) is 4.79 Å². The number of benzene rings is 1. The molecule has 0 radical (unpaired) electrons. The summed E-state index contributed by atoms with van der Waals surface area (Å²) in [5.41, 5.74) is 1.72. The quantitative estimate of drug-likeness (QED) is 0.875. The van der Waals surface area contributed by atoms with E-state index in [1.54, 1.807) is 6.92 Å². The zero-order chi connectivity index (χ0) is 20.3. The first kappa shape index (κ1) is 20.1. The normalized spacial score (nSPS) is 15.5. The Hall–Kier alpha value is -2.67. The molecule has 2 heterocycles. The number of aryl methyl sites for hydroxylation is 1. The molecule has 0 spiro atoms. The molecule has 150 valence electrons. The Labute approximate surface area is 165 Å². The number of carbonyl (C=O) groups is 2. The Morgan fingerprint density at radius 1 is 1.11 bits per heavy atom. The van der Waals surface area contributed by atoms with Crippen molar-refractivity contribution in [2.75, 3.05) is 32.7 Å². The second-order valence-electron chi connectivity index (χ2n) is 8.19. The summed E-state index contributed by atoms with van der Waals surface area (Å²) < 4.78 is 5.32. The van der Waals surface area contributed by atoms with Gasteiger partial charge in [-0.1, -0.05) is 35.5 Å². The third-order valence-electron chi connectivity index (χ3n) is 4.66. The Morgan fingerprint density at radius 2 is 1.75 bits per heavy atom. The van der Waals surface area contributed by atoms with Crippen molar-refractivity contribution in [2.24, 2.45) is 0 Å². The zero-order valence-corrected chi connectivity index (χ0v) is 17.0. The average molecular weight is 384 g/mol. The van der Waals surface area contributed by atoms with Crippen molar-refractivity contribution in [1.29, 1.82) is 0 Å². The van der Waals surface area contributed by atoms with Crippen LogP contribution in [0, 0.1) is 6.92 Å². The summed E-state index contributed by atoms with van der Waals surface area (Å²) in [6.07, 6.45) is 0. The monoisotopic (exact) mass is 384 g/mol. The van der Waals surface area contributed by atoms with E-state index in [1.807, 2.05) is 56.0 Å². The van der Waals surface area contributed by atoms with Gasteiger partial charge in [0.2, 0.25) is 5.91 Å². The lowest BCUT2D eigenvalue weighted by Gasteiger charge is -2.34. The smallest absolute Gasteiger partial charge is 0.259 e. The molecule has 1 aromatic heterocycles. The first-order chi connectivity index (χ1) is 13.2. The van der Waals surface area contributed by atoms with Crippen LogP contribution in [0.4, 0.5) is 0 Å². The van der Waals surface area contributed by atoms with Crippen molar-refractivity contribution >= 4 is 11.8 Å². The number of nitrogens with one attached hydrogen (secondary N) is 1. The molecule has 1 aromatic carbocycles. The van der Waals surface area contributed by atoms with Crippen LogP contribution in [0.2, 0.25) is 0 Å². The standard InChI is InChI=1S/C21H28N4O3/c1-15-18(19(23-28-15)16-8-6-5-7-9-16)20(27)25-12-10-24(11-13-25)14-17(26)22-21(2,3)4/h5-9H,10-14H2,1-4H3,(H,22,26). The molecule has 1 saturated heterocycles. The van der Waals surface area contributed by atoms with E-state index in [9.17, 15) is 9.59 Å². The Kier molecular flexibility index (Phi) is 5.84. The Bertz CT molecular complexity index is 831. The van der Waals surface area contributed by atoms with Gasteiger partial charge in [-0.3, -0.25) is 14.5 Å². The summed E-state index contributed by atoms with van der Waals surface area (Å²) in [6.45, 7) is 10.5. The average Bonchev–Trinajstić information content (AvgIpc) is 3.02. The van der Waals surface area contributed by atoms with Crippen LogP contribution in [0.15, 0.2) is 34.9 Å². The van der Waals surface area contributed by atoms with Crippen LogP contribution < -0.4 is 5.32 Å². The number of rotatable bonds is 4. The van der Waals surface area contributed by atoms with E-state index in [4.69, 9.17) is 4.52 Å². The molecule has 3 rings (SSSR count). The van der Waals surface area contributed by atoms with Gasteiger partial charge in [0.25, 0.3) is 5.91 Å². The van der Waals surface area contributed by atoms with Crippen molar-refractivity contribution in [3.8, 4) is 11.3 Å². The molecule has 7 nitrogen and oxygen atoms in total. The minimum atomic E-state index is -0.242. The fourth-order valence-corrected chi connectivity index (χ4v) is 3.35. The van der Waals surface area contributed by atoms with Gasteiger partial charge in [-0.25, -0.2) is 0 Å². The summed E-state index contributed by atoms with van der Waals surface area (Å²) in [6, 6.07) is 9.58. The second-order valence-corrected chi connectivity index (χ2v) is 8.19. The minimum absolute atomic E-state index is 0.00789. The van der Waals surface area contributed by atoms with Crippen LogP contribution in [0.5, 0.6) is 0 Å². The maximum Gasteiger partial charge on any atom is 0.259 e. The first-order valence-corrected chi connectivity index (χ1v) is 9.59. The van der Waals surface area contributed by atoms with Crippen LogP contribution in [0.25, 0.3) is 11.3 Å². The van der Waals surface area contributed by atoms with E-state index in [-0.39, 0.29) is 17.4 Å². The topological polar surface area (TPSA) is 78.7 Å². The fourth-order valence-electron chi connectivity index (χ4n) is 3.35. The highest BCUT2D eigenvalue weighted by atomic mass is 16.5. The predicted molar refractivity (Wildman–Crippen MR) is 107 cm³/mol. The fraction of sp³-hybridized carbons (Fsp3) is 0.476. The van der Waals surface area contributed by atoms with Crippen molar-refractivity contribution < 1.29 is 14.1 Å². The Balaban J connectivity index is 1.64. The number of aromatic nitrogens is 1. The van der Waals surface area contributed by atoms with Gasteiger partial charge in [-0.2, -0.15) is 0 Å². The Morgan fingerprint density at radius 3 is 2.36 bits per heavy atom. The first-order valence-electron chi connectivity index (χ1n) is 9.59. The molecule has 28 heavy (non-hydrogen) atoms. The highest BCUT2D eigenvalue weighted by Gasteiger charge is 2.29. The molecular formula is C21H28N4O3. The van der Waals surface area contributed by atoms with Gasteiger partial charge in [0.05, 0.1) is 6.54 Å². The largest absolute Gasteiger partial charge is 0.360 e. The van der Waals surface area contributed by atoms with Crippen molar-refractivity contribution in [3.05, 3.63) is 41.7 Å². The third-order valence-corrected chi connectivity index (χ3v) is 4.66. The summed E-state index contributed by atoms with van der Waals surface area (Å²) in [5, 5.41) is 7.08. The number of hydrogen-bond donors (Lipinski definition) is 1. The van der Waals surface area contributed by atoms with Gasteiger partial charge in [0, 0.05) is 37.3 Å². The SMILES string of the molecule is Cc1onc(-c2ccccc2)c1C(=O)N1CCN(CC(=O)NC(C)(C)C)CC1. The van der Waals surface area contributed by atoms with E-state index in [2.05, 4.69) is 15.4 Å². The molecule has 0 bridgehead atoms. The van der Waals surface area contributed by atoms with E-state index < -0.39 is 0 Å². The maximum absolute atomic E-state index is 13.1. The molecule has 0 saturated carbocycles. The van der Waals surface area contributed by atoms with E-state index in [0.717, 1.165) is 5.56 Å². The number of carbonyl (C=O) groups excluding carboxylic acids is 2. The third kappa shape index (κ3) is 4.78. The highest BCUT2D eigenvalue weighted by molar-refractivity contribution is 6.00.